The zero-order valence-electron chi connectivity index (χ0n) is 17.8. The van der Waals surface area contributed by atoms with E-state index in [0.717, 1.165) is 16.9 Å². The largest absolute Gasteiger partial charge is 0.478 e. The van der Waals surface area contributed by atoms with Gasteiger partial charge in [0.2, 0.25) is 10.0 Å². The average Bonchev–Trinajstić information content (AvgIpc) is 3.03. The van der Waals surface area contributed by atoms with Crippen molar-refractivity contribution >= 4 is 27.4 Å². The number of nitrogens with one attached hydrogen (secondary N) is 1. The Balaban J connectivity index is 1.32. The molecule has 3 aromatic rings. The Bertz CT molecular complexity index is 1300. The van der Waals surface area contributed by atoms with E-state index >= 15 is 0 Å². The molecule has 5 rings (SSSR count). The molecule has 0 aromatic heterocycles. The van der Waals surface area contributed by atoms with Crippen LogP contribution in [0.1, 0.15) is 15.9 Å². The summed E-state index contributed by atoms with van der Waals surface area (Å²) >= 11 is 0. The molecule has 33 heavy (non-hydrogen) atoms. The van der Waals surface area contributed by atoms with Crippen molar-refractivity contribution in [2.24, 2.45) is 0 Å². The highest BCUT2D eigenvalue weighted by atomic mass is 32.2. The van der Waals surface area contributed by atoms with E-state index in [1.54, 1.807) is 42.5 Å². The normalized spacial score (nSPS) is 16.1. The van der Waals surface area contributed by atoms with Gasteiger partial charge in [-0.3, -0.25) is 0 Å². The molecule has 2 N–H and O–H groups in total. The first kappa shape index (κ1) is 21.3. The van der Waals surface area contributed by atoms with Crippen LogP contribution in [0.4, 0.5) is 11.4 Å². The van der Waals surface area contributed by atoms with Crippen LogP contribution in [0.5, 0.6) is 11.5 Å². The van der Waals surface area contributed by atoms with Gasteiger partial charge in [0.25, 0.3) is 0 Å². The number of anilines is 2. The van der Waals surface area contributed by atoms with Crippen molar-refractivity contribution in [3.8, 4) is 11.5 Å². The zero-order chi connectivity index (χ0) is 23.0. The number of carboxylic acid groups (broad SMARTS) is 1. The highest BCUT2D eigenvalue weighted by Crippen LogP contribution is 2.37. The van der Waals surface area contributed by atoms with Gasteiger partial charge in [0.1, 0.15) is 5.75 Å². The van der Waals surface area contributed by atoms with Gasteiger partial charge in [-0.25, -0.2) is 13.2 Å². The zero-order valence-corrected chi connectivity index (χ0v) is 18.6. The lowest BCUT2D eigenvalue weighted by Crippen LogP contribution is -2.48. The molecule has 0 spiro atoms. The second kappa shape index (κ2) is 8.42. The van der Waals surface area contributed by atoms with E-state index in [1.807, 2.05) is 24.3 Å². The highest BCUT2D eigenvalue weighted by molar-refractivity contribution is 7.89. The van der Waals surface area contributed by atoms with E-state index in [1.165, 1.54) is 4.31 Å². The Morgan fingerprint density at radius 3 is 2.36 bits per heavy atom. The molecule has 170 valence electrons. The lowest BCUT2D eigenvalue weighted by atomic mass is 10.2. The number of piperazine rings is 1. The van der Waals surface area contributed by atoms with Crippen LogP contribution in [0.15, 0.2) is 71.6 Å². The third-order valence-electron chi connectivity index (χ3n) is 5.97. The predicted molar refractivity (Wildman–Crippen MR) is 125 cm³/mol. The maximum absolute atomic E-state index is 13.3. The van der Waals surface area contributed by atoms with Crippen molar-refractivity contribution in [2.75, 3.05) is 36.4 Å². The topological polar surface area (TPSA) is 99.2 Å². The summed E-state index contributed by atoms with van der Waals surface area (Å²) in [5.74, 6) is 0.223. The van der Waals surface area contributed by atoms with Gasteiger partial charge in [-0.15, -0.1) is 0 Å². The first-order valence-electron chi connectivity index (χ1n) is 10.6. The minimum atomic E-state index is -3.68. The molecule has 0 amide bonds. The Hall–Kier alpha value is -3.56. The van der Waals surface area contributed by atoms with Gasteiger partial charge in [-0.1, -0.05) is 18.2 Å². The molecule has 0 saturated carbocycles. The van der Waals surface area contributed by atoms with Crippen LogP contribution in [-0.4, -0.2) is 50.0 Å². The summed E-state index contributed by atoms with van der Waals surface area (Å²) in [5, 5.41) is 12.4. The van der Waals surface area contributed by atoms with Crippen LogP contribution in [0.2, 0.25) is 0 Å². The Labute approximate surface area is 192 Å². The van der Waals surface area contributed by atoms with E-state index in [4.69, 9.17) is 9.84 Å². The molecule has 1 saturated heterocycles. The van der Waals surface area contributed by atoms with Gasteiger partial charge in [-0.05, 0) is 42.5 Å². The molecular formula is C24H23N3O5S. The van der Waals surface area contributed by atoms with Gasteiger partial charge in [0.05, 0.1) is 16.1 Å². The second-order valence-corrected chi connectivity index (χ2v) is 9.90. The Morgan fingerprint density at radius 2 is 1.64 bits per heavy atom. The lowest BCUT2D eigenvalue weighted by molar-refractivity contribution is 0.0697. The number of carbonyl (C=O) groups is 1. The summed E-state index contributed by atoms with van der Waals surface area (Å²) in [7, 11) is -3.68. The Kier molecular flexibility index (Phi) is 5.43. The summed E-state index contributed by atoms with van der Waals surface area (Å²) < 4.78 is 34.2. The number of fused-ring (bicyclic) bond motifs is 2. The molecule has 0 aliphatic carbocycles. The van der Waals surface area contributed by atoms with E-state index in [-0.39, 0.29) is 10.5 Å². The van der Waals surface area contributed by atoms with Gasteiger partial charge in [0.15, 0.2) is 5.75 Å². The van der Waals surface area contributed by atoms with Crippen LogP contribution >= 0.6 is 0 Å². The predicted octanol–water partition coefficient (Wildman–Crippen LogP) is 3.61. The number of hydrogen-bond acceptors (Lipinski definition) is 6. The number of rotatable bonds is 4. The van der Waals surface area contributed by atoms with Crippen LogP contribution < -0.4 is 15.0 Å². The highest BCUT2D eigenvalue weighted by Gasteiger charge is 2.30. The maximum Gasteiger partial charge on any atom is 0.335 e. The summed E-state index contributed by atoms with van der Waals surface area (Å²) in [6.07, 6.45) is 0. The fourth-order valence-corrected chi connectivity index (χ4v) is 5.54. The molecule has 2 aliphatic rings. The van der Waals surface area contributed by atoms with E-state index < -0.39 is 16.0 Å². The van der Waals surface area contributed by atoms with E-state index in [2.05, 4.69) is 10.2 Å². The molecule has 2 heterocycles. The molecule has 0 bridgehead atoms. The molecule has 2 aliphatic heterocycles. The monoisotopic (exact) mass is 465 g/mol. The van der Waals surface area contributed by atoms with Crippen LogP contribution in [0, 0.1) is 0 Å². The van der Waals surface area contributed by atoms with Crippen molar-refractivity contribution in [3.63, 3.8) is 0 Å². The van der Waals surface area contributed by atoms with Crippen molar-refractivity contribution in [1.82, 2.24) is 4.31 Å². The fraction of sp³-hybridized carbons (Fsp3) is 0.208. The van der Waals surface area contributed by atoms with Gasteiger partial charge < -0.3 is 20.1 Å². The number of carboxylic acids is 1. The smallest absolute Gasteiger partial charge is 0.335 e. The number of para-hydroxylation sites is 2. The average molecular weight is 466 g/mol. The maximum atomic E-state index is 13.3. The molecule has 1 fully saturated rings. The minimum Gasteiger partial charge on any atom is -0.478 e. The SMILES string of the molecule is O=C(O)c1ccc(N2CCN(S(=O)(=O)c3ccc4c(c3)Oc3ccccc3NC4)CC2)cc1. The number of ether oxygens (including phenoxy) is 1. The van der Waals surface area contributed by atoms with Crippen LogP contribution in [-0.2, 0) is 16.6 Å². The molecule has 3 aromatic carbocycles. The summed E-state index contributed by atoms with van der Waals surface area (Å²) in [6, 6.07) is 19.2. The number of hydrogen-bond donors (Lipinski definition) is 2. The lowest BCUT2D eigenvalue weighted by Gasteiger charge is -2.35. The van der Waals surface area contributed by atoms with Crippen molar-refractivity contribution in [3.05, 3.63) is 77.9 Å². The summed E-state index contributed by atoms with van der Waals surface area (Å²) in [5.41, 5.74) is 2.86. The number of benzene rings is 3. The van der Waals surface area contributed by atoms with E-state index in [9.17, 15) is 13.2 Å². The third kappa shape index (κ3) is 4.12. The van der Waals surface area contributed by atoms with Gasteiger partial charge in [0, 0.05) is 50.0 Å². The molecule has 0 radical (unpaired) electrons. The number of sulfonamides is 1. The summed E-state index contributed by atoms with van der Waals surface area (Å²) in [6.45, 7) is 2.26. The molecule has 0 unspecified atom stereocenters. The van der Waals surface area contributed by atoms with Crippen molar-refractivity contribution < 1.29 is 23.1 Å². The first-order chi connectivity index (χ1) is 15.9. The number of nitrogens with zero attached hydrogens (tertiary/aromatic N) is 2. The molecule has 0 atom stereocenters. The van der Waals surface area contributed by atoms with E-state index in [0.29, 0.717) is 44.2 Å². The molecular weight excluding hydrogens is 442 g/mol. The fourth-order valence-electron chi connectivity index (χ4n) is 4.10. The molecule has 8 nitrogen and oxygen atoms in total. The summed E-state index contributed by atoms with van der Waals surface area (Å²) in [4.78, 5) is 13.3. The number of aromatic carboxylic acids is 1. The van der Waals surface area contributed by atoms with Crippen molar-refractivity contribution in [2.45, 2.75) is 11.4 Å². The molecule has 9 heteroatoms. The van der Waals surface area contributed by atoms with Crippen LogP contribution in [0.25, 0.3) is 0 Å². The van der Waals surface area contributed by atoms with Gasteiger partial charge >= 0.3 is 5.97 Å². The Morgan fingerprint density at radius 1 is 0.909 bits per heavy atom. The minimum absolute atomic E-state index is 0.208. The van der Waals surface area contributed by atoms with Gasteiger partial charge in [-0.2, -0.15) is 4.31 Å². The first-order valence-corrected chi connectivity index (χ1v) is 12.1. The third-order valence-corrected chi connectivity index (χ3v) is 7.87. The quantitative estimate of drug-likeness (QED) is 0.607. The van der Waals surface area contributed by atoms with Crippen LogP contribution in [0.3, 0.4) is 0 Å². The standard InChI is InChI=1S/C24H23N3O5S/c28-24(29)17-5-8-19(9-6-17)26-11-13-27(14-12-26)33(30,31)20-10-7-18-16-25-21-3-1-2-4-22(21)32-23(18)15-20/h1-10,15,25H,11-14,16H2,(H,28,29). The van der Waals surface area contributed by atoms with Crippen molar-refractivity contribution in [1.29, 1.82) is 0 Å². The second-order valence-electron chi connectivity index (χ2n) is 7.96.